The van der Waals surface area contributed by atoms with Crippen LogP contribution in [0.5, 0.6) is 5.75 Å². The maximum Gasteiger partial charge on any atom is 0.137 e. The van der Waals surface area contributed by atoms with Gasteiger partial charge in [-0.05, 0) is 36.4 Å². The molecule has 0 aliphatic carbocycles. The lowest BCUT2D eigenvalue weighted by atomic mass is 10.2. The molecule has 116 valence electrons. The van der Waals surface area contributed by atoms with Crippen molar-refractivity contribution in [3.8, 4) is 5.75 Å². The molecule has 1 N–H and O–H groups in total. The number of aromatic nitrogens is 1. The van der Waals surface area contributed by atoms with Crippen LogP contribution in [0.3, 0.4) is 0 Å². The fourth-order valence-electron chi connectivity index (χ4n) is 2.71. The van der Waals surface area contributed by atoms with Crippen LogP contribution in [0.1, 0.15) is 0 Å². The fraction of sp³-hybridized carbons (Fsp3) is 0.353. The second-order valence-corrected chi connectivity index (χ2v) is 5.33. The molecule has 0 atom stereocenters. The van der Waals surface area contributed by atoms with Crippen LogP contribution < -0.4 is 19.9 Å². The van der Waals surface area contributed by atoms with Crippen molar-refractivity contribution in [1.29, 1.82) is 0 Å². The third-order valence-electron chi connectivity index (χ3n) is 4.08. The number of pyridine rings is 1. The number of hydrogen-bond acceptors (Lipinski definition) is 5. The average molecular weight is 298 g/mol. The van der Waals surface area contributed by atoms with Gasteiger partial charge in [0.05, 0.1) is 13.3 Å². The number of methoxy groups -OCH3 is 1. The quantitative estimate of drug-likeness (QED) is 0.939. The first-order valence-electron chi connectivity index (χ1n) is 7.58. The molecular weight excluding hydrogens is 276 g/mol. The standard InChI is InChI=1S/C17H22N4O/c1-18-14-3-5-15(6-4-14)20-9-11-21(12-10-20)17-8-7-16(22-2)13-19-17/h3-8,13,18H,9-12H2,1-2H3. The van der Waals surface area contributed by atoms with E-state index >= 15 is 0 Å². The third-order valence-corrected chi connectivity index (χ3v) is 4.08. The van der Waals surface area contributed by atoms with Crippen LogP contribution in [-0.2, 0) is 0 Å². The molecule has 2 aromatic rings. The Hall–Kier alpha value is -2.43. The summed E-state index contributed by atoms with van der Waals surface area (Å²) in [4.78, 5) is 9.20. The molecule has 0 unspecified atom stereocenters. The summed E-state index contributed by atoms with van der Waals surface area (Å²) in [6.45, 7) is 3.97. The second kappa shape index (κ2) is 6.56. The molecule has 0 saturated carbocycles. The predicted octanol–water partition coefficient (Wildman–Crippen LogP) is 2.46. The van der Waals surface area contributed by atoms with Crippen LogP contribution in [-0.4, -0.2) is 45.3 Å². The predicted molar refractivity (Wildman–Crippen MR) is 91.2 cm³/mol. The van der Waals surface area contributed by atoms with Gasteiger partial charge in [0.25, 0.3) is 0 Å². The molecule has 2 heterocycles. The van der Waals surface area contributed by atoms with E-state index in [0.29, 0.717) is 0 Å². The lowest BCUT2D eigenvalue weighted by molar-refractivity contribution is 0.413. The number of nitrogens with zero attached hydrogens (tertiary/aromatic N) is 3. The molecule has 22 heavy (non-hydrogen) atoms. The van der Waals surface area contributed by atoms with E-state index in [9.17, 15) is 0 Å². The number of rotatable bonds is 4. The Morgan fingerprint density at radius 1 is 0.955 bits per heavy atom. The van der Waals surface area contributed by atoms with Crippen LogP contribution in [0, 0.1) is 0 Å². The highest BCUT2D eigenvalue weighted by atomic mass is 16.5. The van der Waals surface area contributed by atoms with Crippen molar-refractivity contribution in [2.75, 3.05) is 55.5 Å². The third kappa shape index (κ3) is 3.08. The van der Waals surface area contributed by atoms with E-state index in [1.165, 1.54) is 5.69 Å². The number of benzene rings is 1. The summed E-state index contributed by atoms with van der Waals surface area (Å²) in [5.74, 6) is 1.82. The number of piperazine rings is 1. The van der Waals surface area contributed by atoms with Crippen molar-refractivity contribution in [3.63, 3.8) is 0 Å². The first kappa shape index (κ1) is 14.5. The van der Waals surface area contributed by atoms with E-state index in [-0.39, 0.29) is 0 Å². The van der Waals surface area contributed by atoms with E-state index in [1.807, 2.05) is 19.2 Å². The minimum Gasteiger partial charge on any atom is -0.495 e. The van der Waals surface area contributed by atoms with Gasteiger partial charge in [-0.2, -0.15) is 0 Å². The summed E-state index contributed by atoms with van der Waals surface area (Å²) < 4.78 is 5.16. The van der Waals surface area contributed by atoms with Crippen LogP contribution >= 0.6 is 0 Å². The molecule has 1 saturated heterocycles. The van der Waals surface area contributed by atoms with Crippen molar-refractivity contribution >= 4 is 17.2 Å². The monoisotopic (exact) mass is 298 g/mol. The van der Waals surface area contributed by atoms with Gasteiger partial charge in [0.1, 0.15) is 11.6 Å². The molecule has 5 heteroatoms. The number of nitrogens with one attached hydrogen (secondary N) is 1. The van der Waals surface area contributed by atoms with Gasteiger partial charge in [0.2, 0.25) is 0 Å². The zero-order valence-corrected chi connectivity index (χ0v) is 13.1. The summed E-state index contributed by atoms with van der Waals surface area (Å²) in [5, 5.41) is 3.15. The van der Waals surface area contributed by atoms with Gasteiger partial charge >= 0.3 is 0 Å². The molecule has 0 spiro atoms. The first-order valence-corrected chi connectivity index (χ1v) is 7.58. The Morgan fingerprint density at radius 2 is 1.64 bits per heavy atom. The van der Waals surface area contributed by atoms with Gasteiger partial charge in [-0.15, -0.1) is 0 Å². The number of hydrogen-bond donors (Lipinski definition) is 1. The SMILES string of the molecule is CNc1ccc(N2CCN(c3ccc(OC)cn3)CC2)cc1. The lowest BCUT2D eigenvalue weighted by Gasteiger charge is -2.36. The zero-order valence-electron chi connectivity index (χ0n) is 13.1. The smallest absolute Gasteiger partial charge is 0.137 e. The van der Waals surface area contributed by atoms with Gasteiger partial charge < -0.3 is 19.9 Å². The van der Waals surface area contributed by atoms with Gasteiger partial charge in [-0.3, -0.25) is 0 Å². The van der Waals surface area contributed by atoms with Crippen molar-refractivity contribution in [3.05, 3.63) is 42.6 Å². The second-order valence-electron chi connectivity index (χ2n) is 5.33. The summed E-state index contributed by atoms with van der Waals surface area (Å²) in [6, 6.07) is 12.6. The highest BCUT2D eigenvalue weighted by molar-refractivity contribution is 5.56. The molecule has 0 amide bonds. The molecular formula is C17H22N4O. The molecule has 1 aromatic carbocycles. The van der Waals surface area contributed by atoms with Crippen molar-refractivity contribution < 1.29 is 4.74 Å². The van der Waals surface area contributed by atoms with Crippen LogP contribution in [0.15, 0.2) is 42.6 Å². The molecule has 5 nitrogen and oxygen atoms in total. The molecule has 1 aliphatic heterocycles. The zero-order chi connectivity index (χ0) is 15.4. The van der Waals surface area contributed by atoms with Gasteiger partial charge in [0.15, 0.2) is 0 Å². The van der Waals surface area contributed by atoms with E-state index < -0.39 is 0 Å². The van der Waals surface area contributed by atoms with Gasteiger partial charge in [-0.25, -0.2) is 4.98 Å². The summed E-state index contributed by atoms with van der Waals surface area (Å²) in [6.07, 6.45) is 1.78. The summed E-state index contributed by atoms with van der Waals surface area (Å²) in [5.41, 5.74) is 2.42. The maximum absolute atomic E-state index is 5.16. The summed E-state index contributed by atoms with van der Waals surface area (Å²) >= 11 is 0. The maximum atomic E-state index is 5.16. The first-order chi connectivity index (χ1) is 10.8. The minimum atomic E-state index is 0.798. The normalized spacial score (nSPS) is 14.8. The Balaban J connectivity index is 1.61. The number of ether oxygens (including phenoxy) is 1. The molecule has 1 fully saturated rings. The van der Waals surface area contributed by atoms with Gasteiger partial charge in [-0.1, -0.05) is 0 Å². The molecule has 3 rings (SSSR count). The number of anilines is 3. The van der Waals surface area contributed by atoms with Crippen LogP contribution in [0.25, 0.3) is 0 Å². The van der Waals surface area contributed by atoms with E-state index in [2.05, 4.69) is 44.4 Å². The fourth-order valence-corrected chi connectivity index (χ4v) is 2.71. The van der Waals surface area contributed by atoms with Crippen LogP contribution in [0.2, 0.25) is 0 Å². The molecule has 1 aliphatic rings. The van der Waals surface area contributed by atoms with E-state index in [0.717, 1.165) is 43.4 Å². The van der Waals surface area contributed by atoms with Crippen molar-refractivity contribution in [2.45, 2.75) is 0 Å². The largest absolute Gasteiger partial charge is 0.495 e. The molecule has 0 radical (unpaired) electrons. The molecule has 0 bridgehead atoms. The molecule has 1 aromatic heterocycles. The topological polar surface area (TPSA) is 40.6 Å². The van der Waals surface area contributed by atoms with Gasteiger partial charge in [0, 0.05) is 44.6 Å². The van der Waals surface area contributed by atoms with E-state index in [1.54, 1.807) is 13.3 Å². The van der Waals surface area contributed by atoms with E-state index in [4.69, 9.17) is 4.74 Å². The van der Waals surface area contributed by atoms with Crippen molar-refractivity contribution in [2.24, 2.45) is 0 Å². The van der Waals surface area contributed by atoms with Crippen molar-refractivity contribution in [1.82, 2.24) is 4.98 Å². The van der Waals surface area contributed by atoms with Crippen LogP contribution in [0.4, 0.5) is 17.2 Å². The average Bonchev–Trinajstić information content (AvgIpc) is 2.62. The highest BCUT2D eigenvalue weighted by Crippen LogP contribution is 2.22. The Bertz CT molecular complexity index is 534. The Kier molecular flexibility index (Phi) is 4.32. The highest BCUT2D eigenvalue weighted by Gasteiger charge is 2.18. The summed E-state index contributed by atoms with van der Waals surface area (Å²) in [7, 11) is 3.60. The minimum absolute atomic E-state index is 0.798. The Morgan fingerprint density at radius 3 is 2.18 bits per heavy atom. The Labute approximate surface area is 131 Å². The lowest BCUT2D eigenvalue weighted by Crippen LogP contribution is -2.46.